The first-order valence-electron chi connectivity index (χ1n) is 7.14. The summed E-state index contributed by atoms with van der Waals surface area (Å²) in [7, 11) is 0. The van der Waals surface area contributed by atoms with Crippen LogP contribution in [0.3, 0.4) is 0 Å². The van der Waals surface area contributed by atoms with Crippen molar-refractivity contribution < 1.29 is 9.47 Å². The van der Waals surface area contributed by atoms with E-state index in [0.29, 0.717) is 19.2 Å². The minimum atomic E-state index is -0.123. The molecule has 3 rings (SSSR count). The van der Waals surface area contributed by atoms with Gasteiger partial charge in [0.15, 0.2) is 0 Å². The summed E-state index contributed by atoms with van der Waals surface area (Å²) in [5.74, 6) is 1.33. The van der Waals surface area contributed by atoms with Gasteiger partial charge in [-0.1, -0.05) is 13.0 Å². The van der Waals surface area contributed by atoms with Crippen LogP contribution in [-0.4, -0.2) is 29.4 Å². The van der Waals surface area contributed by atoms with Gasteiger partial charge in [0.05, 0.1) is 24.3 Å². The highest BCUT2D eigenvalue weighted by Gasteiger charge is 2.34. The molecule has 1 fully saturated rings. The molecule has 1 atom stereocenters. The number of para-hydroxylation sites is 1. The average Bonchev–Trinajstić information content (AvgIpc) is 3.00. The highest BCUT2D eigenvalue weighted by molar-refractivity contribution is 5.84. The SMILES string of the molecule is CCCOc1cccc2c1nc(N)n2C1(C)CCOC1. The van der Waals surface area contributed by atoms with Gasteiger partial charge in [-0.2, -0.15) is 0 Å². The van der Waals surface area contributed by atoms with Crippen LogP contribution in [0.15, 0.2) is 18.2 Å². The topological polar surface area (TPSA) is 62.3 Å². The summed E-state index contributed by atoms with van der Waals surface area (Å²) in [5.41, 5.74) is 7.89. The van der Waals surface area contributed by atoms with Crippen molar-refractivity contribution in [3.63, 3.8) is 0 Å². The third kappa shape index (κ3) is 2.02. The van der Waals surface area contributed by atoms with E-state index in [-0.39, 0.29) is 5.54 Å². The monoisotopic (exact) mass is 275 g/mol. The second kappa shape index (κ2) is 4.98. The second-order valence-corrected chi connectivity index (χ2v) is 5.58. The predicted octanol–water partition coefficient (Wildman–Crippen LogP) is 2.54. The van der Waals surface area contributed by atoms with E-state index < -0.39 is 0 Å². The fourth-order valence-electron chi connectivity index (χ4n) is 2.82. The van der Waals surface area contributed by atoms with Crippen LogP contribution in [0.5, 0.6) is 5.75 Å². The van der Waals surface area contributed by atoms with Gasteiger partial charge < -0.3 is 19.8 Å². The summed E-state index contributed by atoms with van der Waals surface area (Å²) < 4.78 is 13.4. The molecule has 108 valence electrons. The van der Waals surface area contributed by atoms with Crippen LogP contribution in [0.4, 0.5) is 5.95 Å². The van der Waals surface area contributed by atoms with Gasteiger partial charge in [0, 0.05) is 6.61 Å². The summed E-state index contributed by atoms with van der Waals surface area (Å²) in [5, 5.41) is 0. The minimum absolute atomic E-state index is 0.123. The first kappa shape index (κ1) is 13.2. The minimum Gasteiger partial charge on any atom is -0.491 e. The number of ether oxygens (including phenoxy) is 2. The lowest BCUT2D eigenvalue weighted by Crippen LogP contribution is -2.31. The Balaban J connectivity index is 2.12. The lowest BCUT2D eigenvalue weighted by atomic mass is 10.0. The molecule has 0 amide bonds. The van der Waals surface area contributed by atoms with Gasteiger partial charge >= 0.3 is 0 Å². The predicted molar refractivity (Wildman–Crippen MR) is 79.0 cm³/mol. The number of rotatable bonds is 4. The van der Waals surface area contributed by atoms with E-state index in [2.05, 4.69) is 23.4 Å². The highest BCUT2D eigenvalue weighted by Crippen LogP contribution is 2.36. The largest absolute Gasteiger partial charge is 0.491 e. The van der Waals surface area contributed by atoms with E-state index in [9.17, 15) is 0 Å². The second-order valence-electron chi connectivity index (χ2n) is 5.58. The summed E-state index contributed by atoms with van der Waals surface area (Å²) in [6.45, 7) is 6.37. The van der Waals surface area contributed by atoms with E-state index in [1.165, 1.54) is 0 Å². The molecule has 1 aliphatic rings. The molecule has 5 heteroatoms. The van der Waals surface area contributed by atoms with E-state index in [1.807, 2.05) is 18.2 Å². The zero-order valence-electron chi connectivity index (χ0n) is 12.1. The van der Waals surface area contributed by atoms with E-state index in [1.54, 1.807) is 0 Å². The fourth-order valence-corrected chi connectivity index (χ4v) is 2.82. The number of nitrogens with two attached hydrogens (primary N) is 1. The van der Waals surface area contributed by atoms with Gasteiger partial charge in [0.2, 0.25) is 5.95 Å². The fraction of sp³-hybridized carbons (Fsp3) is 0.533. The van der Waals surface area contributed by atoms with Crippen LogP contribution < -0.4 is 10.5 Å². The molecular weight excluding hydrogens is 254 g/mol. The van der Waals surface area contributed by atoms with Crippen molar-refractivity contribution in [3.05, 3.63) is 18.2 Å². The molecule has 0 spiro atoms. The maximum absolute atomic E-state index is 6.16. The third-order valence-corrected chi connectivity index (χ3v) is 3.87. The molecule has 1 aromatic carbocycles. The van der Waals surface area contributed by atoms with Crippen LogP contribution in [0, 0.1) is 0 Å². The Bertz CT molecular complexity index is 615. The van der Waals surface area contributed by atoms with Gasteiger partial charge in [-0.15, -0.1) is 0 Å². The van der Waals surface area contributed by atoms with Crippen molar-refractivity contribution in [2.75, 3.05) is 25.6 Å². The number of hydrogen-bond acceptors (Lipinski definition) is 4. The molecule has 1 saturated heterocycles. The Morgan fingerprint density at radius 3 is 3.05 bits per heavy atom. The van der Waals surface area contributed by atoms with Crippen molar-refractivity contribution in [2.24, 2.45) is 0 Å². The number of hydrogen-bond donors (Lipinski definition) is 1. The van der Waals surface area contributed by atoms with E-state index >= 15 is 0 Å². The van der Waals surface area contributed by atoms with Gasteiger partial charge in [-0.05, 0) is 31.9 Å². The molecule has 0 bridgehead atoms. The molecule has 1 unspecified atom stereocenters. The molecule has 5 nitrogen and oxygen atoms in total. The highest BCUT2D eigenvalue weighted by atomic mass is 16.5. The van der Waals surface area contributed by atoms with Crippen molar-refractivity contribution in [1.82, 2.24) is 9.55 Å². The molecule has 0 saturated carbocycles. The Hall–Kier alpha value is -1.75. The number of nitrogens with zero attached hydrogens (tertiary/aromatic N) is 2. The molecule has 2 N–H and O–H groups in total. The number of fused-ring (bicyclic) bond motifs is 1. The molecule has 0 radical (unpaired) electrons. The van der Waals surface area contributed by atoms with Crippen molar-refractivity contribution in [2.45, 2.75) is 32.2 Å². The van der Waals surface area contributed by atoms with Gasteiger partial charge in [0.1, 0.15) is 11.3 Å². The van der Waals surface area contributed by atoms with Crippen LogP contribution >= 0.6 is 0 Å². The molecule has 2 aromatic rings. The number of imidazole rings is 1. The molecule has 1 aliphatic heterocycles. The Morgan fingerprint density at radius 2 is 2.35 bits per heavy atom. The molecular formula is C15H21N3O2. The molecule has 20 heavy (non-hydrogen) atoms. The third-order valence-electron chi connectivity index (χ3n) is 3.87. The summed E-state index contributed by atoms with van der Waals surface area (Å²) in [6, 6.07) is 5.98. The normalized spacial score (nSPS) is 22.5. The van der Waals surface area contributed by atoms with Gasteiger partial charge in [-0.3, -0.25) is 0 Å². The lowest BCUT2D eigenvalue weighted by molar-refractivity contribution is 0.164. The van der Waals surface area contributed by atoms with Crippen molar-refractivity contribution in [1.29, 1.82) is 0 Å². The number of aromatic nitrogens is 2. The van der Waals surface area contributed by atoms with E-state index in [4.69, 9.17) is 15.2 Å². The maximum atomic E-state index is 6.16. The zero-order valence-corrected chi connectivity index (χ0v) is 12.1. The molecule has 1 aromatic heterocycles. The smallest absolute Gasteiger partial charge is 0.201 e. The first-order valence-corrected chi connectivity index (χ1v) is 7.14. The maximum Gasteiger partial charge on any atom is 0.201 e. The van der Waals surface area contributed by atoms with Crippen LogP contribution in [0.2, 0.25) is 0 Å². The number of anilines is 1. The van der Waals surface area contributed by atoms with Crippen LogP contribution in [0.1, 0.15) is 26.7 Å². The summed E-state index contributed by atoms with van der Waals surface area (Å²) in [4.78, 5) is 4.52. The van der Waals surface area contributed by atoms with Gasteiger partial charge in [0.25, 0.3) is 0 Å². The standard InChI is InChI=1S/C15H21N3O2/c1-3-8-20-12-6-4-5-11-13(12)17-14(16)18(11)15(2)7-9-19-10-15/h4-6H,3,7-10H2,1-2H3,(H2,16,17). The van der Waals surface area contributed by atoms with E-state index in [0.717, 1.165) is 36.2 Å². The first-order chi connectivity index (χ1) is 9.65. The number of nitrogen functional groups attached to an aromatic ring is 1. The zero-order chi connectivity index (χ0) is 14.2. The molecule has 0 aliphatic carbocycles. The lowest BCUT2D eigenvalue weighted by Gasteiger charge is -2.25. The number of benzene rings is 1. The summed E-state index contributed by atoms with van der Waals surface area (Å²) >= 11 is 0. The van der Waals surface area contributed by atoms with Gasteiger partial charge in [-0.25, -0.2) is 4.98 Å². The van der Waals surface area contributed by atoms with Crippen LogP contribution in [0.25, 0.3) is 11.0 Å². The average molecular weight is 275 g/mol. The van der Waals surface area contributed by atoms with Crippen molar-refractivity contribution in [3.8, 4) is 5.75 Å². The molecule has 2 heterocycles. The Kier molecular flexibility index (Phi) is 3.30. The van der Waals surface area contributed by atoms with Crippen molar-refractivity contribution >= 4 is 17.0 Å². The Morgan fingerprint density at radius 1 is 1.50 bits per heavy atom. The van der Waals surface area contributed by atoms with Crippen LogP contribution in [-0.2, 0) is 10.3 Å². The quantitative estimate of drug-likeness (QED) is 0.931. The summed E-state index contributed by atoms with van der Waals surface area (Å²) in [6.07, 6.45) is 1.92. The Labute approximate surface area is 118 Å².